The number of nitrogens with zero attached hydrogens (tertiary/aromatic N) is 2. The second kappa shape index (κ2) is 7.98. The van der Waals surface area contributed by atoms with Gasteiger partial charge in [0.25, 0.3) is 5.69 Å². The first-order valence-electron chi connectivity index (χ1n) is 9.17. The van der Waals surface area contributed by atoms with Gasteiger partial charge < -0.3 is 5.11 Å². The van der Waals surface area contributed by atoms with Crippen LogP contribution in [0.15, 0.2) is 54.6 Å². The van der Waals surface area contributed by atoms with Crippen LogP contribution in [-0.4, -0.2) is 39.4 Å². The third-order valence-electron chi connectivity index (χ3n) is 5.45. The molecule has 2 aromatic rings. The Hall–Kier alpha value is -2.57. The fourth-order valence-electron chi connectivity index (χ4n) is 3.61. The van der Waals surface area contributed by atoms with Crippen molar-refractivity contribution in [1.82, 2.24) is 4.90 Å². The summed E-state index contributed by atoms with van der Waals surface area (Å²) in [5.74, 6) is -0.0324. The van der Waals surface area contributed by atoms with Crippen molar-refractivity contribution in [3.63, 3.8) is 0 Å². The van der Waals surface area contributed by atoms with Crippen molar-refractivity contribution in [3.05, 3.63) is 75.8 Å². The van der Waals surface area contributed by atoms with E-state index in [9.17, 15) is 20.0 Å². The van der Waals surface area contributed by atoms with Gasteiger partial charge in [0.15, 0.2) is 5.78 Å². The van der Waals surface area contributed by atoms with Crippen molar-refractivity contribution < 1.29 is 14.8 Å². The van der Waals surface area contributed by atoms with Crippen LogP contribution in [0.3, 0.4) is 0 Å². The van der Waals surface area contributed by atoms with Crippen LogP contribution in [0.25, 0.3) is 0 Å². The van der Waals surface area contributed by atoms with Gasteiger partial charge in [0.05, 0.1) is 10.5 Å². The van der Waals surface area contributed by atoms with E-state index in [0.29, 0.717) is 31.5 Å². The molecule has 0 aromatic heterocycles. The number of nitro benzene ring substituents is 1. The fourth-order valence-corrected chi connectivity index (χ4v) is 3.61. The summed E-state index contributed by atoms with van der Waals surface area (Å²) in [4.78, 5) is 25.0. The summed E-state index contributed by atoms with van der Waals surface area (Å²) in [6.07, 6.45) is 1.20. The molecule has 0 bridgehead atoms. The number of aliphatic hydroxyl groups is 1. The van der Waals surface area contributed by atoms with Gasteiger partial charge in [-0.15, -0.1) is 0 Å². The molecule has 3 rings (SSSR count). The topological polar surface area (TPSA) is 83.7 Å². The molecule has 0 spiro atoms. The Balaban J connectivity index is 1.59. The maximum Gasteiger partial charge on any atom is 0.269 e. The molecule has 0 saturated carbocycles. The van der Waals surface area contributed by atoms with Crippen LogP contribution >= 0.6 is 0 Å². The molecule has 1 aliphatic rings. The molecular weight excluding hydrogens is 344 g/mol. The number of likely N-dealkylation sites (tertiary alicyclic amines) is 1. The highest BCUT2D eigenvalue weighted by atomic mass is 16.6. The second-order valence-corrected chi connectivity index (χ2v) is 7.25. The molecule has 1 aliphatic heterocycles. The van der Waals surface area contributed by atoms with Crippen molar-refractivity contribution >= 4 is 11.5 Å². The molecule has 142 valence electrons. The lowest BCUT2D eigenvalue weighted by Gasteiger charge is -2.40. The third kappa shape index (κ3) is 4.59. The van der Waals surface area contributed by atoms with E-state index in [1.165, 1.54) is 12.1 Å². The Morgan fingerprint density at radius 3 is 2.30 bits per heavy atom. The predicted octanol–water partition coefficient (Wildman–Crippen LogP) is 3.76. The first-order chi connectivity index (χ1) is 12.9. The summed E-state index contributed by atoms with van der Waals surface area (Å²) >= 11 is 0. The molecule has 1 fully saturated rings. The second-order valence-electron chi connectivity index (χ2n) is 7.25. The molecule has 1 saturated heterocycles. The summed E-state index contributed by atoms with van der Waals surface area (Å²) in [7, 11) is 0. The lowest BCUT2D eigenvalue weighted by molar-refractivity contribution is -0.384. The van der Waals surface area contributed by atoms with Gasteiger partial charge in [-0.05, 0) is 25.3 Å². The molecule has 0 amide bonds. The molecule has 0 aliphatic carbocycles. The first-order valence-corrected chi connectivity index (χ1v) is 9.17. The summed E-state index contributed by atoms with van der Waals surface area (Å²) in [6, 6.07) is 15.8. The standard InChI is InChI=1S/C21H24N2O4/c1-16(17-7-9-19(10-8-17)23(26)27)22-13-11-21(25,12-14-22)15-20(24)18-5-3-2-4-6-18/h2-10,16,25H,11-15H2,1H3. The minimum absolute atomic E-state index is 0.0324. The van der Waals surface area contributed by atoms with Gasteiger partial charge in [0, 0.05) is 43.2 Å². The Kier molecular flexibility index (Phi) is 5.68. The largest absolute Gasteiger partial charge is 0.389 e. The molecule has 1 N–H and O–H groups in total. The SMILES string of the molecule is CC(c1ccc([N+](=O)[O-])cc1)N1CCC(O)(CC(=O)c2ccccc2)CC1. The van der Waals surface area contributed by atoms with Crippen LogP contribution in [-0.2, 0) is 0 Å². The zero-order valence-corrected chi connectivity index (χ0v) is 15.4. The quantitative estimate of drug-likeness (QED) is 0.477. The van der Waals surface area contributed by atoms with Crippen molar-refractivity contribution in [2.75, 3.05) is 13.1 Å². The van der Waals surface area contributed by atoms with E-state index in [2.05, 4.69) is 11.8 Å². The minimum atomic E-state index is -0.974. The number of carbonyl (C=O) groups is 1. The number of rotatable bonds is 6. The van der Waals surface area contributed by atoms with Crippen LogP contribution in [0.4, 0.5) is 5.69 Å². The highest BCUT2D eigenvalue weighted by Gasteiger charge is 2.36. The van der Waals surface area contributed by atoms with Gasteiger partial charge in [-0.25, -0.2) is 0 Å². The third-order valence-corrected chi connectivity index (χ3v) is 5.45. The van der Waals surface area contributed by atoms with Crippen LogP contribution in [0, 0.1) is 10.1 Å². The van der Waals surface area contributed by atoms with E-state index in [1.807, 2.05) is 18.2 Å². The van der Waals surface area contributed by atoms with Gasteiger partial charge in [0.2, 0.25) is 0 Å². The van der Waals surface area contributed by atoms with Gasteiger partial charge >= 0.3 is 0 Å². The summed E-state index contributed by atoms with van der Waals surface area (Å²) < 4.78 is 0. The Morgan fingerprint density at radius 2 is 1.74 bits per heavy atom. The average molecular weight is 368 g/mol. The Morgan fingerprint density at radius 1 is 1.15 bits per heavy atom. The lowest BCUT2D eigenvalue weighted by Crippen LogP contribution is -2.46. The maximum atomic E-state index is 12.4. The average Bonchev–Trinajstić information content (AvgIpc) is 2.68. The van der Waals surface area contributed by atoms with Crippen LogP contribution in [0.1, 0.15) is 48.1 Å². The molecular formula is C21H24N2O4. The number of hydrogen-bond donors (Lipinski definition) is 1. The molecule has 27 heavy (non-hydrogen) atoms. The highest BCUT2D eigenvalue weighted by molar-refractivity contribution is 5.96. The zero-order chi connectivity index (χ0) is 19.4. The Labute approximate surface area is 158 Å². The lowest BCUT2D eigenvalue weighted by atomic mass is 9.84. The van der Waals surface area contributed by atoms with E-state index >= 15 is 0 Å². The van der Waals surface area contributed by atoms with E-state index in [4.69, 9.17) is 0 Å². The molecule has 1 atom stereocenters. The van der Waals surface area contributed by atoms with Crippen molar-refractivity contribution in [2.45, 2.75) is 37.8 Å². The van der Waals surface area contributed by atoms with E-state index in [0.717, 1.165) is 5.56 Å². The summed E-state index contributed by atoms with van der Waals surface area (Å²) in [5, 5.41) is 21.6. The number of carbonyl (C=O) groups excluding carboxylic acids is 1. The smallest absolute Gasteiger partial charge is 0.269 e. The predicted molar refractivity (Wildman–Crippen MR) is 103 cm³/mol. The number of benzene rings is 2. The fraction of sp³-hybridized carbons (Fsp3) is 0.381. The molecule has 0 radical (unpaired) electrons. The molecule has 6 nitrogen and oxygen atoms in total. The Bertz CT molecular complexity index is 797. The highest BCUT2D eigenvalue weighted by Crippen LogP contribution is 2.32. The number of ketones is 1. The van der Waals surface area contributed by atoms with Crippen molar-refractivity contribution in [2.24, 2.45) is 0 Å². The minimum Gasteiger partial charge on any atom is -0.389 e. The summed E-state index contributed by atoms with van der Waals surface area (Å²) in [5.41, 5.74) is 0.746. The number of non-ortho nitro benzene ring substituents is 1. The zero-order valence-electron chi connectivity index (χ0n) is 15.4. The first kappa shape index (κ1) is 19.2. The molecule has 2 aromatic carbocycles. The van der Waals surface area contributed by atoms with E-state index in [1.54, 1.807) is 24.3 Å². The van der Waals surface area contributed by atoms with Crippen LogP contribution in [0.5, 0.6) is 0 Å². The van der Waals surface area contributed by atoms with Gasteiger partial charge in [-0.2, -0.15) is 0 Å². The molecule has 1 heterocycles. The molecule has 1 unspecified atom stereocenters. The van der Waals surface area contributed by atoms with Crippen molar-refractivity contribution in [3.8, 4) is 0 Å². The van der Waals surface area contributed by atoms with Crippen LogP contribution in [0.2, 0.25) is 0 Å². The van der Waals surface area contributed by atoms with Gasteiger partial charge in [-0.1, -0.05) is 42.5 Å². The number of Topliss-reactive ketones (excluding diaryl/α,β-unsaturated/α-hetero) is 1. The maximum absolute atomic E-state index is 12.4. The van der Waals surface area contributed by atoms with E-state index < -0.39 is 10.5 Å². The number of nitro groups is 1. The van der Waals surface area contributed by atoms with E-state index in [-0.39, 0.29) is 23.9 Å². The normalized spacial score (nSPS) is 18.0. The number of piperidine rings is 1. The van der Waals surface area contributed by atoms with Gasteiger partial charge in [0.1, 0.15) is 0 Å². The number of hydrogen-bond acceptors (Lipinski definition) is 5. The van der Waals surface area contributed by atoms with Crippen LogP contribution < -0.4 is 0 Å². The molecule has 6 heteroatoms. The summed E-state index contributed by atoms with van der Waals surface area (Å²) in [6.45, 7) is 3.41. The van der Waals surface area contributed by atoms with Gasteiger partial charge in [-0.3, -0.25) is 19.8 Å². The monoisotopic (exact) mass is 368 g/mol. The van der Waals surface area contributed by atoms with Crippen molar-refractivity contribution in [1.29, 1.82) is 0 Å².